The highest BCUT2D eigenvalue weighted by molar-refractivity contribution is 7.91. The summed E-state index contributed by atoms with van der Waals surface area (Å²) < 4.78 is 30.4. The highest BCUT2D eigenvalue weighted by Crippen LogP contribution is 2.32. The Morgan fingerprint density at radius 1 is 1.29 bits per heavy atom. The van der Waals surface area contributed by atoms with Gasteiger partial charge in [-0.05, 0) is 42.8 Å². The van der Waals surface area contributed by atoms with Crippen LogP contribution >= 0.6 is 23.2 Å². The Hall–Kier alpha value is -3.39. The number of benzene rings is 1. The number of pyridine rings is 1. The standard InChI is InChI=1S/C22H16Cl2N4O5S/c23-14-4-5-18(17(24)10-14)33-21-16(22(30)28-7-2-1-3-19(28)27-21)9-13(11-25)20(29)26-15-6-8-34(31,32)12-15/h1-5,7,9-10,15H,6,8,12H2,(H,26,29)/b13-9-/t15-/m1/s1. The zero-order valence-electron chi connectivity index (χ0n) is 17.4. The second-order valence-corrected chi connectivity index (χ2v) is 10.6. The molecule has 1 fully saturated rings. The van der Waals surface area contributed by atoms with E-state index in [0.29, 0.717) is 5.02 Å². The zero-order valence-corrected chi connectivity index (χ0v) is 19.7. The van der Waals surface area contributed by atoms with Gasteiger partial charge in [0, 0.05) is 17.3 Å². The minimum absolute atomic E-state index is 0.0423. The molecule has 3 heterocycles. The van der Waals surface area contributed by atoms with Crippen molar-refractivity contribution in [1.29, 1.82) is 5.26 Å². The highest BCUT2D eigenvalue weighted by atomic mass is 35.5. The number of carbonyl (C=O) groups excluding carboxylic acids is 1. The molecule has 1 atom stereocenters. The molecule has 174 valence electrons. The number of sulfone groups is 1. The third-order valence-corrected chi connectivity index (χ3v) is 7.35. The predicted molar refractivity (Wildman–Crippen MR) is 127 cm³/mol. The van der Waals surface area contributed by atoms with Crippen molar-refractivity contribution in [2.75, 3.05) is 11.5 Å². The largest absolute Gasteiger partial charge is 0.437 e. The van der Waals surface area contributed by atoms with Gasteiger partial charge in [-0.15, -0.1) is 0 Å². The lowest BCUT2D eigenvalue weighted by Gasteiger charge is -2.12. The van der Waals surface area contributed by atoms with Gasteiger partial charge in [0.15, 0.2) is 9.84 Å². The van der Waals surface area contributed by atoms with Gasteiger partial charge in [0.2, 0.25) is 5.88 Å². The van der Waals surface area contributed by atoms with E-state index in [4.69, 9.17) is 27.9 Å². The molecule has 3 aromatic rings. The number of nitrogens with one attached hydrogen (secondary N) is 1. The third kappa shape index (κ3) is 5.07. The van der Waals surface area contributed by atoms with Crippen LogP contribution in [0.4, 0.5) is 0 Å². The lowest BCUT2D eigenvalue weighted by molar-refractivity contribution is -0.117. The average molecular weight is 519 g/mol. The predicted octanol–water partition coefficient (Wildman–Crippen LogP) is 3.00. The number of hydrogen-bond donors (Lipinski definition) is 1. The maximum absolute atomic E-state index is 13.2. The molecular weight excluding hydrogens is 503 g/mol. The van der Waals surface area contributed by atoms with E-state index >= 15 is 0 Å². The average Bonchev–Trinajstić information content (AvgIpc) is 3.13. The normalized spacial score (nSPS) is 17.3. The van der Waals surface area contributed by atoms with Gasteiger partial charge < -0.3 is 10.1 Å². The van der Waals surface area contributed by atoms with Gasteiger partial charge in [-0.2, -0.15) is 10.2 Å². The highest BCUT2D eigenvalue weighted by Gasteiger charge is 2.30. The first kappa shape index (κ1) is 23.8. The molecule has 1 N–H and O–H groups in total. The molecule has 9 nitrogen and oxygen atoms in total. The molecule has 4 rings (SSSR count). The minimum atomic E-state index is -3.23. The summed E-state index contributed by atoms with van der Waals surface area (Å²) in [6.07, 6.45) is 2.79. The van der Waals surface area contributed by atoms with Crippen LogP contribution in [0.1, 0.15) is 12.0 Å². The molecule has 0 spiro atoms. The SMILES string of the molecule is N#C/C(=C/c1c(Oc2ccc(Cl)cc2Cl)nc2ccccn2c1=O)C(=O)N[C@@H]1CCS(=O)(=O)C1. The molecule has 0 unspecified atom stereocenters. The van der Waals surface area contributed by atoms with E-state index in [2.05, 4.69) is 10.3 Å². The molecule has 0 radical (unpaired) electrons. The molecule has 0 saturated carbocycles. The van der Waals surface area contributed by atoms with E-state index in [0.717, 1.165) is 6.08 Å². The summed E-state index contributed by atoms with van der Waals surface area (Å²) >= 11 is 12.1. The fourth-order valence-electron chi connectivity index (χ4n) is 3.41. The summed E-state index contributed by atoms with van der Waals surface area (Å²) in [5.41, 5.74) is -0.898. The number of carbonyl (C=O) groups is 1. The van der Waals surface area contributed by atoms with Crippen molar-refractivity contribution in [2.24, 2.45) is 0 Å². The minimum Gasteiger partial charge on any atom is -0.437 e. The van der Waals surface area contributed by atoms with Gasteiger partial charge in [0.25, 0.3) is 11.5 Å². The molecule has 1 saturated heterocycles. The summed E-state index contributed by atoms with van der Waals surface area (Å²) in [6, 6.07) is 10.5. The van der Waals surface area contributed by atoms with Gasteiger partial charge in [-0.1, -0.05) is 29.3 Å². The first-order valence-electron chi connectivity index (χ1n) is 9.94. The van der Waals surface area contributed by atoms with Crippen molar-refractivity contribution in [1.82, 2.24) is 14.7 Å². The molecule has 2 aromatic heterocycles. The molecule has 12 heteroatoms. The Kier molecular flexibility index (Phi) is 6.61. The second-order valence-electron chi connectivity index (χ2n) is 7.48. The number of nitriles is 1. The number of amides is 1. The first-order valence-corrected chi connectivity index (χ1v) is 12.5. The lowest BCUT2D eigenvalue weighted by Crippen LogP contribution is -2.36. The Balaban J connectivity index is 1.77. The maximum atomic E-state index is 13.2. The van der Waals surface area contributed by atoms with Crippen molar-refractivity contribution in [2.45, 2.75) is 12.5 Å². The summed E-state index contributed by atoms with van der Waals surface area (Å²) in [7, 11) is -3.23. The van der Waals surface area contributed by atoms with Crippen LogP contribution in [0.5, 0.6) is 11.6 Å². The van der Waals surface area contributed by atoms with E-state index in [1.54, 1.807) is 24.3 Å². The van der Waals surface area contributed by atoms with E-state index in [1.165, 1.54) is 28.8 Å². The number of hydrogen-bond acceptors (Lipinski definition) is 7. The fraction of sp³-hybridized carbons (Fsp3) is 0.182. The van der Waals surface area contributed by atoms with Crippen LogP contribution in [0.3, 0.4) is 0 Å². The zero-order chi connectivity index (χ0) is 24.5. The van der Waals surface area contributed by atoms with E-state index < -0.39 is 32.9 Å². The first-order chi connectivity index (χ1) is 16.2. The molecule has 1 aliphatic heterocycles. The van der Waals surface area contributed by atoms with Crippen molar-refractivity contribution in [3.05, 3.63) is 74.1 Å². The Morgan fingerprint density at radius 2 is 2.09 bits per heavy atom. The van der Waals surface area contributed by atoms with Crippen molar-refractivity contribution in [3.8, 4) is 17.7 Å². The number of rotatable bonds is 5. The van der Waals surface area contributed by atoms with Crippen LogP contribution in [0.2, 0.25) is 10.0 Å². The van der Waals surface area contributed by atoms with E-state index in [1.807, 2.05) is 0 Å². The quantitative estimate of drug-likeness (QED) is 0.405. The monoisotopic (exact) mass is 518 g/mol. The van der Waals surface area contributed by atoms with E-state index in [-0.39, 0.29) is 45.8 Å². The second kappa shape index (κ2) is 9.46. The lowest BCUT2D eigenvalue weighted by atomic mass is 10.1. The van der Waals surface area contributed by atoms with Crippen LogP contribution in [-0.4, -0.2) is 41.3 Å². The topological polar surface area (TPSA) is 131 Å². The van der Waals surface area contributed by atoms with Gasteiger partial charge in [-0.3, -0.25) is 14.0 Å². The van der Waals surface area contributed by atoms with Crippen LogP contribution in [0.15, 0.2) is 53.0 Å². The number of halogens is 2. The Bertz CT molecular complexity index is 1540. The molecule has 0 aliphatic carbocycles. The fourth-order valence-corrected chi connectivity index (χ4v) is 5.53. The van der Waals surface area contributed by atoms with Crippen molar-refractivity contribution < 1.29 is 17.9 Å². The van der Waals surface area contributed by atoms with Gasteiger partial charge in [0.05, 0.1) is 16.5 Å². The third-order valence-electron chi connectivity index (χ3n) is 5.06. The molecule has 1 amide bonds. The molecule has 34 heavy (non-hydrogen) atoms. The number of ether oxygens (including phenoxy) is 1. The van der Waals surface area contributed by atoms with Crippen LogP contribution in [0.25, 0.3) is 11.7 Å². The number of fused-ring (bicyclic) bond motifs is 1. The van der Waals surface area contributed by atoms with Gasteiger partial charge >= 0.3 is 0 Å². The summed E-state index contributed by atoms with van der Waals surface area (Å²) in [6.45, 7) is 0. The van der Waals surface area contributed by atoms with Crippen molar-refractivity contribution >= 4 is 50.7 Å². The van der Waals surface area contributed by atoms with Crippen LogP contribution < -0.4 is 15.6 Å². The van der Waals surface area contributed by atoms with Crippen LogP contribution in [0, 0.1) is 11.3 Å². The summed E-state index contributed by atoms with van der Waals surface area (Å²) in [5.74, 6) is -1.07. The smallest absolute Gasteiger partial charge is 0.269 e. The van der Waals surface area contributed by atoms with Gasteiger partial charge in [-0.25, -0.2) is 8.42 Å². The summed E-state index contributed by atoms with van der Waals surface area (Å²) in [5, 5.41) is 12.7. The molecule has 0 bridgehead atoms. The molecule has 1 aliphatic rings. The summed E-state index contributed by atoms with van der Waals surface area (Å²) in [4.78, 5) is 30.2. The van der Waals surface area contributed by atoms with Gasteiger partial charge in [0.1, 0.15) is 28.6 Å². The Morgan fingerprint density at radius 3 is 2.76 bits per heavy atom. The van der Waals surface area contributed by atoms with Crippen LogP contribution in [-0.2, 0) is 14.6 Å². The Labute approximate surface area is 204 Å². The number of nitrogens with zero attached hydrogens (tertiary/aromatic N) is 3. The van der Waals surface area contributed by atoms with E-state index in [9.17, 15) is 23.3 Å². The number of aromatic nitrogens is 2. The molecule has 1 aromatic carbocycles. The molecular formula is C22H16Cl2N4O5S. The maximum Gasteiger partial charge on any atom is 0.269 e. The van der Waals surface area contributed by atoms with Crippen molar-refractivity contribution in [3.63, 3.8) is 0 Å².